The van der Waals surface area contributed by atoms with E-state index < -0.39 is 6.23 Å². The number of hydrogen-bond acceptors (Lipinski definition) is 3. The van der Waals surface area contributed by atoms with Gasteiger partial charge in [-0.25, -0.2) is 0 Å². The van der Waals surface area contributed by atoms with E-state index in [1.165, 1.54) is 4.90 Å². The van der Waals surface area contributed by atoms with Crippen LogP contribution in [-0.2, 0) is 0 Å². The molecule has 200 valence electrons. The van der Waals surface area contributed by atoms with E-state index in [9.17, 15) is 9.90 Å². The molecule has 0 saturated heterocycles. The summed E-state index contributed by atoms with van der Waals surface area (Å²) in [6, 6.07) is 42.2. The average Bonchev–Trinajstić information content (AvgIpc) is 3.53. The molecular weight excluding hydrogens is 518 g/mol. The monoisotopic (exact) mass is 543 g/mol. The lowest BCUT2D eigenvalue weighted by atomic mass is 10.0. The molecule has 1 aliphatic rings. The molecule has 0 fully saturated rings. The summed E-state index contributed by atoms with van der Waals surface area (Å²) in [5.41, 5.74) is 8.72. The van der Waals surface area contributed by atoms with E-state index in [4.69, 9.17) is 0 Å². The minimum absolute atomic E-state index is 0.229. The van der Waals surface area contributed by atoms with Crippen molar-refractivity contribution in [2.75, 3.05) is 4.90 Å². The molecular formula is C37H25N3O2. The standard InChI is InChI=1S/C37H25N3O2/c41-36-31-13-7-15-33(34(31)37(42)39(36)27-18-16-25(17-19-27)24-8-2-1-3-9-24)40-32-14-5-4-10-29(32)30-12-6-11-28(35(30)40)26-20-22-38-23-21-26/h1-23,36,41H. The lowest BCUT2D eigenvalue weighted by molar-refractivity contribution is 0.0935. The first-order valence-corrected chi connectivity index (χ1v) is 13.9. The Hall–Kier alpha value is -5.52. The Bertz CT molecular complexity index is 2120. The summed E-state index contributed by atoms with van der Waals surface area (Å²) in [6.07, 6.45) is 2.49. The molecule has 0 spiro atoms. The zero-order valence-electron chi connectivity index (χ0n) is 22.6. The summed E-state index contributed by atoms with van der Waals surface area (Å²) in [7, 11) is 0. The first kappa shape index (κ1) is 24.3. The second-order valence-electron chi connectivity index (χ2n) is 10.5. The van der Waals surface area contributed by atoms with Crippen LogP contribution < -0.4 is 4.90 Å². The van der Waals surface area contributed by atoms with Crippen molar-refractivity contribution in [1.82, 2.24) is 9.55 Å². The molecule has 0 bridgehead atoms. The number of aliphatic hydroxyl groups excluding tert-OH is 1. The molecule has 0 radical (unpaired) electrons. The van der Waals surface area contributed by atoms with Crippen LogP contribution in [0, 0.1) is 0 Å². The Morgan fingerprint density at radius 1 is 0.619 bits per heavy atom. The van der Waals surface area contributed by atoms with E-state index in [1.54, 1.807) is 12.4 Å². The minimum Gasteiger partial charge on any atom is -0.369 e. The third-order valence-electron chi connectivity index (χ3n) is 8.21. The van der Waals surface area contributed by atoms with Crippen LogP contribution in [0.2, 0.25) is 0 Å². The quantitative estimate of drug-likeness (QED) is 0.244. The molecule has 7 aromatic rings. The molecule has 1 unspecified atom stereocenters. The van der Waals surface area contributed by atoms with E-state index in [-0.39, 0.29) is 5.91 Å². The van der Waals surface area contributed by atoms with Crippen LogP contribution in [0.3, 0.4) is 0 Å². The number of nitrogens with zero attached hydrogens (tertiary/aromatic N) is 3. The van der Waals surface area contributed by atoms with Gasteiger partial charge in [-0.2, -0.15) is 0 Å². The first-order chi connectivity index (χ1) is 20.7. The highest BCUT2D eigenvalue weighted by Crippen LogP contribution is 2.43. The minimum atomic E-state index is -1.09. The number of carbonyl (C=O) groups excluding carboxylic acids is 1. The molecule has 0 aliphatic carbocycles. The molecule has 42 heavy (non-hydrogen) atoms. The molecule has 5 heteroatoms. The molecule has 8 rings (SSSR count). The highest BCUT2D eigenvalue weighted by Gasteiger charge is 2.39. The van der Waals surface area contributed by atoms with E-state index in [0.29, 0.717) is 16.8 Å². The molecule has 1 aliphatic heterocycles. The largest absolute Gasteiger partial charge is 0.369 e. The maximum atomic E-state index is 14.2. The van der Waals surface area contributed by atoms with E-state index in [1.807, 2.05) is 84.9 Å². The van der Waals surface area contributed by atoms with Crippen molar-refractivity contribution in [3.05, 3.63) is 151 Å². The van der Waals surface area contributed by atoms with Gasteiger partial charge in [0.25, 0.3) is 5.91 Å². The fraction of sp³-hybridized carbons (Fsp3) is 0.0270. The van der Waals surface area contributed by atoms with Crippen LogP contribution in [0.25, 0.3) is 49.7 Å². The van der Waals surface area contributed by atoms with Crippen molar-refractivity contribution >= 4 is 33.4 Å². The van der Waals surface area contributed by atoms with E-state index >= 15 is 0 Å². The molecule has 2 aromatic heterocycles. The third kappa shape index (κ3) is 3.61. The average molecular weight is 544 g/mol. The van der Waals surface area contributed by atoms with Gasteiger partial charge in [0.1, 0.15) is 0 Å². The number of benzene rings is 5. The van der Waals surface area contributed by atoms with Gasteiger partial charge in [-0.15, -0.1) is 0 Å². The number of fused-ring (bicyclic) bond motifs is 4. The number of amides is 1. The summed E-state index contributed by atoms with van der Waals surface area (Å²) in [5, 5.41) is 13.7. The lowest BCUT2D eigenvalue weighted by Crippen LogP contribution is -2.27. The van der Waals surface area contributed by atoms with Crippen LogP contribution in [0.15, 0.2) is 140 Å². The number of para-hydroxylation sites is 2. The Balaban J connectivity index is 1.32. The fourth-order valence-electron chi connectivity index (χ4n) is 6.30. The van der Waals surface area contributed by atoms with Gasteiger partial charge in [-0.3, -0.25) is 14.7 Å². The molecule has 1 amide bonds. The van der Waals surface area contributed by atoms with Crippen LogP contribution in [-0.4, -0.2) is 20.6 Å². The van der Waals surface area contributed by atoms with Gasteiger partial charge in [0.05, 0.1) is 22.3 Å². The Morgan fingerprint density at radius 2 is 1.31 bits per heavy atom. The highest BCUT2D eigenvalue weighted by atomic mass is 16.3. The molecule has 3 heterocycles. The number of carbonyl (C=O) groups is 1. The zero-order chi connectivity index (χ0) is 28.2. The van der Waals surface area contributed by atoms with Gasteiger partial charge in [0.2, 0.25) is 0 Å². The first-order valence-electron chi connectivity index (χ1n) is 13.9. The Kier molecular flexibility index (Phi) is 5.52. The van der Waals surface area contributed by atoms with Crippen molar-refractivity contribution in [3.8, 4) is 27.9 Å². The smallest absolute Gasteiger partial charge is 0.263 e. The van der Waals surface area contributed by atoms with E-state index in [2.05, 4.69) is 52.0 Å². The maximum absolute atomic E-state index is 14.2. The van der Waals surface area contributed by atoms with Gasteiger partial charge < -0.3 is 9.67 Å². The van der Waals surface area contributed by atoms with Crippen molar-refractivity contribution in [2.24, 2.45) is 0 Å². The molecule has 1 atom stereocenters. The zero-order valence-corrected chi connectivity index (χ0v) is 22.6. The number of aromatic nitrogens is 2. The molecule has 1 N–H and O–H groups in total. The van der Waals surface area contributed by atoms with Crippen LogP contribution >= 0.6 is 0 Å². The van der Waals surface area contributed by atoms with Gasteiger partial charge in [-0.05, 0) is 53.1 Å². The predicted octanol–water partition coefficient (Wildman–Crippen LogP) is 8.16. The fourth-order valence-corrected chi connectivity index (χ4v) is 6.30. The summed E-state index contributed by atoms with van der Waals surface area (Å²) >= 11 is 0. The second kappa shape index (κ2) is 9.54. The van der Waals surface area contributed by atoms with Crippen LogP contribution in [0.5, 0.6) is 0 Å². The summed E-state index contributed by atoms with van der Waals surface area (Å²) in [6.45, 7) is 0. The van der Waals surface area contributed by atoms with Gasteiger partial charge >= 0.3 is 0 Å². The molecule has 0 saturated carbocycles. The number of hydrogen-bond donors (Lipinski definition) is 1. The van der Waals surface area contributed by atoms with Crippen molar-refractivity contribution in [1.29, 1.82) is 0 Å². The predicted molar refractivity (Wildman–Crippen MR) is 168 cm³/mol. The second-order valence-corrected chi connectivity index (χ2v) is 10.5. The van der Waals surface area contributed by atoms with Gasteiger partial charge in [0.15, 0.2) is 6.23 Å². The Labute approximate surface area is 242 Å². The number of anilines is 1. The van der Waals surface area contributed by atoms with E-state index in [0.717, 1.165) is 49.7 Å². The van der Waals surface area contributed by atoms with Crippen molar-refractivity contribution in [3.63, 3.8) is 0 Å². The van der Waals surface area contributed by atoms with Gasteiger partial charge in [0, 0.05) is 40.0 Å². The summed E-state index contributed by atoms with van der Waals surface area (Å²) in [5.74, 6) is -0.229. The number of pyridine rings is 1. The van der Waals surface area contributed by atoms with Crippen molar-refractivity contribution < 1.29 is 9.90 Å². The molecule has 5 aromatic carbocycles. The van der Waals surface area contributed by atoms with Crippen LogP contribution in [0.1, 0.15) is 22.1 Å². The summed E-state index contributed by atoms with van der Waals surface area (Å²) in [4.78, 5) is 20.0. The number of aliphatic hydroxyl groups is 1. The topological polar surface area (TPSA) is 58.4 Å². The Morgan fingerprint density at radius 3 is 2.12 bits per heavy atom. The maximum Gasteiger partial charge on any atom is 0.263 e. The third-order valence-corrected chi connectivity index (χ3v) is 8.21. The molecule has 5 nitrogen and oxygen atoms in total. The SMILES string of the molecule is O=C1c2c(cccc2-n2c3ccccc3c3cccc(-c4ccncc4)c32)C(O)N1c1ccc(-c2ccccc2)cc1. The van der Waals surface area contributed by atoms with Crippen LogP contribution in [0.4, 0.5) is 5.69 Å². The highest BCUT2D eigenvalue weighted by molar-refractivity contribution is 6.17. The lowest BCUT2D eigenvalue weighted by Gasteiger charge is -2.21. The van der Waals surface area contributed by atoms with Crippen molar-refractivity contribution in [2.45, 2.75) is 6.23 Å². The van der Waals surface area contributed by atoms with Gasteiger partial charge in [-0.1, -0.05) is 91.0 Å². The normalized spacial score (nSPS) is 14.5. The summed E-state index contributed by atoms with van der Waals surface area (Å²) < 4.78 is 2.17. The number of rotatable bonds is 4.